The van der Waals surface area contributed by atoms with Crippen LogP contribution in [-0.4, -0.2) is 35.7 Å². The van der Waals surface area contributed by atoms with Gasteiger partial charge in [-0.25, -0.2) is 0 Å². The first kappa shape index (κ1) is 16.1. The Balaban J connectivity index is 2.08. The second-order valence-corrected chi connectivity index (χ2v) is 6.21. The first-order valence-corrected chi connectivity index (χ1v) is 8.06. The predicted octanol–water partition coefficient (Wildman–Crippen LogP) is 1.76. The number of amidine groups is 1. The normalized spacial score (nSPS) is 24.9. The molecule has 0 bridgehead atoms. The van der Waals surface area contributed by atoms with Gasteiger partial charge in [0.2, 0.25) is 5.91 Å². The maximum atomic E-state index is 12.5. The number of amides is 1. The summed E-state index contributed by atoms with van der Waals surface area (Å²) in [5.41, 5.74) is 5.27. The third kappa shape index (κ3) is 4.09. The lowest BCUT2D eigenvalue weighted by Gasteiger charge is -2.36. The minimum Gasteiger partial charge on any atom is -0.409 e. The summed E-state index contributed by atoms with van der Waals surface area (Å²) in [5, 5.41) is 15.4. The van der Waals surface area contributed by atoms with Crippen molar-refractivity contribution in [2.45, 2.75) is 63.3 Å². The predicted molar refractivity (Wildman–Crippen MR) is 80.1 cm³/mol. The number of oxime groups is 1. The smallest absolute Gasteiger partial charge is 0.224 e. The second-order valence-electron chi connectivity index (χ2n) is 6.21. The molecule has 0 spiro atoms. The van der Waals surface area contributed by atoms with Gasteiger partial charge in [0.25, 0.3) is 0 Å². The molecule has 4 N–H and O–H groups in total. The van der Waals surface area contributed by atoms with E-state index in [1.807, 2.05) is 0 Å². The Morgan fingerprint density at radius 1 is 1.14 bits per heavy atom. The average molecular weight is 297 g/mol. The van der Waals surface area contributed by atoms with Crippen LogP contribution in [0.5, 0.6) is 0 Å². The topological polar surface area (TPSA) is 96.9 Å². The number of carbonyl (C=O) groups excluding carboxylic acids is 1. The van der Waals surface area contributed by atoms with Crippen LogP contribution in [0.3, 0.4) is 0 Å². The molecule has 1 heterocycles. The number of nitrogens with zero attached hydrogens (tertiary/aromatic N) is 1. The van der Waals surface area contributed by atoms with Crippen LogP contribution in [0, 0.1) is 5.92 Å². The summed E-state index contributed by atoms with van der Waals surface area (Å²) in [6.07, 6.45) is 8.46. The molecule has 0 aromatic heterocycles. The van der Waals surface area contributed by atoms with Crippen molar-refractivity contribution in [3.05, 3.63) is 0 Å². The second kappa shape index (κ2) is 7.64. The van der Waals surface area contributed by atoms with E-state index < -0.39 is 5.54 Å². The number of nitrogens with two attached hydrogens (primary N) is 1. The van der Waals surface area contributed by atoms with Gasteiger partial charge < -0.3 is 21.0 Å². The van der Waals surface area contributed by atoms with Gasteiger partial charge >= 0.3 is 0 Å². The number of nitrogens with one attached hydrogen (secondary N) is 1. The first-order valence-electron chi connectivity index (χ1n) is 8.06. The largest absolute Gasteiger partial charge is 0.409 e. The van der Waals surface area contributed by atoms with E-state index in [0.29, 0.717) is 13.2 Å². The summed E-state index contributed by atoms with van der Waals surface area (Å²) in [5.74, 6) is 0.142. The van der Waals surface area contributed by atoms with E-state index in [4.69, 9.17) is 15.7 Å². The molecule has 1 amide bonds. The molecule has 1 saturated carbocycles. The van der Waals surface area contributed by atoms with Crippen LogP contribution in [0.15, 0.2) is 5.16 Å². The lowest BCUT2D eigenvalue weighted by molar-refractivity contribution is -0.129. The summed E-state index contributed by atoms with van der Waals surface area (Å²) in [6.45, 7) is 1.27. The molecule has 0 unspecified atom stereocenters. The molecule has 2 rings (SSSR count). The maximum Gasteiger partial charge on any atom is 0.224 e. The summed E-state index contributed by atoms with van der Waals surface area (Å²) in [6, 6.07) is 0. The van der Waals surface area contributed by atoms with Crippen LogP contribution in [0.4, 0.5) is 0 Å². The van der Waals surface area contributed by atoms with E-state index in [2.05, 4.69) is 10.5 Å². The molecule has 0 aromatic carbocycles. The number of hydrogen-bond acceptors (Lipinski definition) is 4. The molecule has 0 aromatic rings. The van der Waals surface area contributed by atoms with Crippen LogP contribution >= 0.6 is 0 Å². The van der Waals surface area contributed by atoms with Gasteiger partial charge in [-0.3, -0.25) is 4.79 Å². The molecule has 1 saturated heterocycles. The summed E-state index contributed by atoms with van der Waals surface area (Å²) in [7, 11) is 0. The SMILES string of the molecule is NC(=NO)C1(NC(=O)C2CCOCC2)CCCCCCC1. The lowest BCUT2D eigenvalue weighted by atomic mass is 9.82. The fourth-order valence-corrected chi connectivity index (χ4v) is 3.35. The standard InChI is InChI=1S/C15H27N3O3/c16-14(18-20)15(8-4-2-1-3-5-9-15)17-13(19)12-6-10-21-11-7-12/h12,20H,1-11H2,(H2,16,18)(H,17,19). The van der Waals surface area contributed by atoms with Crippen LogP contribution in [-0.2, 0) is 9.53 Å². The van der Waals surface area contributed by atoms with Crippen LogP contribution in [0.25, 0.3) is 0 Å². The Morgan fingerprint density at radius 3 is 2.29 bits per heavy atom. The van der Waals surface area contributed by atoms with Gasteiger partial charge in [0, 0.05) is 19.1 Å². The fraction of sp³-hybridized carbons (Fsp3) is 0.867. The molecule has 2 aliphatic rings. The molecule has 2 fully saturated rings. The molecule has 0 radical (unpaired) electrons. The Bertz CT molecular complexity index is 370. The van der Waals surface area contributed by atoms with E-state index in [1.54, 1.807) is 0 Å². The van der Waals surface area contributed by atoms with Crippen molar-refractivity contribution in [1.82, 2.24) is 5.32 Å². The van der Waals surface area contributed by atoms with E-state index in [9.17, 15) is 4.79 Å². The van der Waals surface area contributed by atoms with Crippen molar-refractivity contribution in [3.8, 4) is 0 Å². The number of hydrogen-bond donors (Lipinski definition) is 3. The molecule has 21 heavy (non-hydrogen) atoms. The average Bonchev–Trinajstić information content (AvgIpc) is 2.50. The molecular weight excluding hydrogens is 270 g/mol. The maximum absolute atomic E-state index is 12.5. The van der Waals surface area contributed by atoms with Gasteiger partial charge in [-0.1, -0.05) is 37.3 Å². The Kier molecular flexibility index (Phi) is 5.85. The van der Waals surface area contributed by atoms with Crippen molar-refractivity contribution >= 4 is 11.7 Å². The molecule has 120 valence electrons. The Morgan fingerprint density at radius 2 is 1.71 bits per heavy atom. The lowest BCUT2D eigenvalue weighted by Crippen LogP contribution is -2.59. The van der Waals surface area contributed by atoms with E-state index in [-0.39, 0.29) is 17.7 Å². The van der Waals surface area contributed by atoms with Crippen LogP contribution < -0.4 is 11.1 Å². The number of ether oxygens (including phenoxy) is 1. The van der Waals surface area contributed by atoms with Gasteiger partial charge in [-0.2, -0.15) is 0 Å². The molecule has 1 aliphatic heterocycles. The molecule has 6 heteroatoms. The monoisotopic (exact) mass is 297 g/mol. The Hall–Kier alpha value is -1.30. The highest BCUT2D eigenvalue weighted by atomic mass is 16.5. The molecule has 0 atom stereocenters. The fourth-order valence-electron chi connectivity index (χ4n) is 3.35. The van der Waals surface area contributed by atoms with E-state index in [1.165, 1.54) is 6.42 Å². The van der Waals surface area contributed by atoms with Crippen molar-refractivity contribution < 1.29 is 14.7 Å². The van der Waals surface area contributed by atoms with E-state index in [0.717, 1.165) is 51.4 Å². The third-order valence-corrected chi connectivity index (χ3v) is 4.76. The van der Waals surface area contributed by atoms with Gasteiger partial charge in [-0.15, -0.1) is 0 Å². The third-order valence-electron chi connectivity index (χ3n) is 4.76. The zero-order chi connectivity index (χ0) is 15.1. The van der Waals surface area contributed by atoms with Crippen LogP contribution in [0.2, 0.25) is 0 Å². The first-order chi connectivity index (χ1) is 10.2. The van der Waals surface area contributed by atoms with Crippen LogP contribution in [0.1, 0.15) is 57.8 Å². The summed E-state index contributed by atoms with van der Waals surface area (Å²) >= 11 is 0. The van der Waals surface area contributed by atoms with Gasteiger partial charge in [0.1, 0.15) is 5.54 Å². The highest BCUT2D eigenvalue weighted by Gasteiger charge is 2.38. The molecule has 6 nitrogen and oxygen atoms in total. The Labute approximate surface area is 126 Å². The number of carbonyl (C=O) groups is 1. The van der Waals surface area contributed by atoms with Crippen molar-refractivity contribution in [2.24, 2.45) is 16.8 Å². The summed E-state index contributed by atoms with van der Waals surface area (Å²) < 4.78 is 5.30. The zero-order valence-electron chi connectivity index (χ0n) is 12.6. The van der Waals surface area contributed by atoms with Crippen molar-refractivity contribution in [3.63, 3.8) is 0 Å². The quantitative estimate of drug-likeness (QED) is 0.320. The highest BCUT2D eigenvalue weighted by molar-refractivity contribution is 5.94. The minimum absolute atomic E-state index is 0.0190. The van der Waals surface area contributed by atoms with Crippen molar-refractivity contribution in [2.75, 3.05) is 13.2 Å². The molecular formula is C15H27N3O3. The number of rotatable bonds is 3. The highest BCUT2D eigenvalue weighted by Crippen LogP contribution is 2.28. The van der Waals surface area contributed by atoms with E-state index >= 15 is 0 Å². The zero-order valence-corrected chi connectivity index (χ0v) is 12.6. The minimum atomic E-state index is -0.676. The van der Waals surface area contributed by atoms with Gasteiger partial charge in [-0.05, 0) is 25.7 Å². The van der Waals surface area contributed by atoms with Gasteiger partial charge in [0.15, 0.2) is 5.84 Å². The molecule has 1 aliphatic carbocycles. The summed E-state index contributed by atoms with van der Waals surface area (Å²) in [4.78, 5) is 12.5. The van der Waals surface area contributed by atoms with Gasteiger partial charge in [0.05, 0.1) is 0 Å². The van der Waals surface area contributed by atoms with Crippen molar-refractivity contribution in [1.29, 1.82) is 0 Å².